The second kappa shape index (κ2) is 7.04. The van der Waals surface area contributed by atoms with Gasteiger partial charge in [0.25, 0.3) is 0 Å². The third-order valence-corrected chi connectivity index (χ3v) is 4.99. The van der Waals surface area contributed by atoms with Gasteiger partial charge in [-0.1, -0.05) is 55.6 Å². The smallest absolute Gasteiger partial charge is 0.214 e. The van der Waals surface area contributed by atoms with Crippen LogP contribution in [-0.2, 0) is 0 Å². The number of thioether (sulfide) groups is 1. The van der Waals surface area contributed by atoms with Crippen molar-refractivity contribution in [1.82, 2.24) is 20.2 Å². The molecule has 1 aliphatic carbocycles. The van der Waals surface area contributed by atoms with E-state index < -0.39 is 0 Å². The number of tetrazole rings is 1. The van der Waals surface area contributed by atoms with Crippen LogP contribution >= 0.6 is 11.8 Å². The van der Waals surface area contributed by atoms with E-state index in [4.69, 9.17) is 0 Å². The molecule has 5 nitrogen and oxygen atoms in total. The van der Waals surface area contributed by atoms with E-state index in [1.165, 1.54) is 37.4 Å². The molecular formula is C15H20N4OS. The molecule has 0 aliphatic heterocycles. The molecule has 1 aromatic carbocycles. The summed E-state index contributed by atoms with van der Waals surface area (Å²) in [5, 5.41) is 22.7. The van der Waals surface area contributed by atoms with E-state index in [1.807, 2.05) is 30.3 Å². The summed E-state index contributed by atoms with van der Waals surface area (Å²) in [5.41, 5.74) is 0.940. The first-order valence-corrected chi connectivity index (χ1v) is 8.46. The summed E-state index contributed by atoms with van der Waals surface area (Å²) < 4.78 is 1.72. The Morgan fingerprint density at radius 1 is 1.24 bits per heavy atom. The van der Waals surface area contributed by atoms with E-state index >= 15 is 0 Å². The molecule has 1 N–H and O–H groups in total. The average Bonchev–Trinajstić information content (AvgIpc) is 3.17. The lowest BCUT2D eigenvalue weighted by molar-refractivity contribution is 0.165. The maximum Gasteiger partial charge on any atom is 0.214 e. The Morgan fingerprint density at radius 3 is 2.76 bits per heavy atom. The summed E-state index contributed by atoms with van der Waals surface area (Å²) in [7, 11) is 0. The number of para-hydroxylation sites is 1. The predicted molar refractivity (Wildman–Crippen MR) is 82.5 cm³/mol. The van der Waals surface area contributed by atoms with E-state index in [1.54, 1.807) is 4.68 Å². The fourth-order valence-electron chi connectivity index (χ4n) is 2.87. The molecule has 1 heterocycles. The number of hydrogen-bond acceptors (Lipinski definition) is 5. The normalized spacial score (nSPS) is 17.2. The molecule has 3 rings (SSSR count). The molecule has 2 aromatic rings. The Kier molecular flexibility index (Phi) is 4.87. The Bertz CT molecular complexity index is 554. The van der Waals surface area contributed by atoms with Gasteiger partial charge in [-0.3, -0.25) is 0 Å². The lowest BCUT2D eigenvalue weighted by Crippen LogP contribution is -2.15. The van der Waals surface area contributed by atoms with Crippen LogP contribution in [0.1, 0.15) is 32.1 Å². The molecule has 1 saturated carbocycles. The monoisotopic (exact) mass is 304 g/mol. The summed E-state index contributed by atoms with van der Waals surface area (Å²) in [6, 6.07) is 9.82. The lowest BCUT2D eigenvalue weighted by Gasteiger charge is -2.14. The largest absolute Gasteiger partial charge is 0.392 e. The third kappa shape index (κ3) is 3.83. The molecule has 0 radical (unpaired) electrons. The Hall–Kier alpha value is -1.40. The van der Waals surface area contributed by atoms with E-state index in [0.717, 1.165) is 17.3 Å². The van der Waals surface area contributed by atoms with Crippen molar-refractivity contribution in [3.8, 4) is 5.69 Å². The Labute approximate surface area is 128 Å². The minimum absolute atomic E-state index is 0.279. The Morgan fingerprint density at radius 2 is 2.00 bits per heavy atom. The van der Waals surface area contributed by atoms with Crippen LogP contribution in [0.25, 0.3) is 5.69 Å². The van der Waals surface area contributed by atoms with Crippen molar-refractivity contribution in [3.63, 3.8) is 0 Å². The fraction of sp³-hybridized carbons (Fsp3) is 0.533. The van der Waals surface area contributed by atoms with Gasteiger partial charge in [0.1, 0.15) is 0 Å². The van der Waals surface area contributed by atoms with E-state index in [-0.39, 0.29) is 6.10 Å². The second-order valence-corrected chi connectivity index (χ2v) is 6.55. The third-order valence-electron chi connectivity index (χ3n) is 3.93. The summed E-state index contributed by atoms with van der Waals surface area (Å²) in [6.07, 6.45) is 5.79. The van der Waals surface area contributed by atoms with Gasteiger partial charge in [0.15, 0.2) is 0 Å². The van der Waals surface area contributed by atoms with Gasteiger partial charge in [-0.15, -0.1) is 5.10 Å². The Balaban J connectivity index is 1.57. The van der Waals surface area contributed by atoms with Crippen LogP contribution in [0.5, 0.6) is 0 Å². The average molecular weight is 304 g/mol. The quantitative estimate of drug-likeness (QED) is 0.831. The van der Waals surface area contributed by atoms with Crippen LogP contribution in [0, 0.1) is 5.92 Å². The number of aliphatic hydroxyl groups excluding tert-OH is 1. The van der Waals surface area contributed by atoms with Gasteiger partial charge in [0.2, 0.25) is 5.16 Å². The standard InChI is InChI=1S/C15H20N4OS/c20-14(10-12-6-4-5-7-12)11-21-15-16-17-18-19(15)13-8-2-1-3-9-13/h1-3,8-9,12,14,20H,4-7,10-11H2. The van der Waals surface area contributed by atoms with Crippen LogP contribution in [0.4, 0.5) is 0 Å². The molecule has 1 aromatic heterocycles. The summed E-state index contributed by atoms with van der Waals surface area (Å²) in [5.74, 6) is 1.34. The number of aromatic nitrogens is 4. The number of rotatable bonds is 6. The van der Waals surface area contributed by atoms with Crippen molar-refractivity contribution in [2.24, 2.45) is 5.92 Å². The molecule has 1 fully saturated rings. The second-order valence-electron chi connectivity index (χ2n) is 5.56. The SMILES string of the molecule is OC(CSc1nnnn1-c1ccccc1)CC1CCCC1. The maximum absolute atomic E-state index is 10.2. The van der Waals surface area contributed by atoms with Crippen LogP contribution in [-0.4, -0.2) is 37.2 Å². The van der Waals surface area contributed by atoms with E-state index in [2.05, 4.69) is 15.5 Å². The maximum atomic E-state index is 10.2. The fourth-order valence-corrected chi connectivity index (χ4v) is 3.71. The van der Waals surface area contributed by atoms with Crippen LogP contribution < -0.4 is 0 Å². The van der Waals surface area contributed by atoms with Crippen molar-refractivity contribution in [1.29, 1.82) is 0 Å². The molecule has 0 spiro atoms. The molecule has 0 amide bonds. The van der Waals surface area contributed by atoms with E-state index in [9.17, 15) is 5.11 Å². The van der Waals surface area contributed by atoms with Gasteiger partial charge in [0.05, 0.1) is 11.8 Å². The van der Waals surface area contributed by atoms with Gasteiger partial charge in [0, 0.05) is 5.75 Å². The predicted octanol–water partition coefficient (Wildman–Crippen LogP) is 2.70. The zero-order valence-corrected chi connectivity index (χ0v) is 12.7. The first kappa shape index (κ1) is 14.5. The highest BCUT2D eigenvalue weighted by Gasteiger charge is 2.19. The molecule has 21 heavy (non-hydrogen) atoms. The summed E-state index contributed by atoms with van der Waals surface area (Å²) in [4.78, 5) is 0. The molecule has 0 saturated heterocycles. The minimum Gasteiger partial charge on any atom is -0.392 e. The van der Waals surface area contributed by atoms with Gasteiger partial charge in [-0.05, 0) is 34.9 Å². The molecule has 1 unspecified atom stereocenters. The van der Waals surface area contributed by atoms with Crippen molar-refractivity contribution in [3.05, 3.63) is 30.3 Å². The highest BCUT2D eigenvalue weighted by Crippen LogP contribution is 2.30. The zero-order chi connectivity index (χ0) is 14.5. The van der Waals surface area contributed by atoms with Gasteiger partial charge in [-0.2, -0.15) is 4.68 Å². The molecule has 0 bridgehead atoms. The van der Waals surface area contributed by atoms with E-state index in [0.29, 0.717) is 11.7 Å². The number of hydrogen-bond donors (Lipinski definition) is 1. The summed E-state index contributed by atoms with van der Waals surface area (Å²) in [6.45, 7) is 0. The topological polar surface area (TPSA) is 63.8 Å². The zero-order valence-electron chi connectivity index (χ0n) is 11.9. The van der Waals surface area contributed by atoms with Crippen molar-refractivity contribution >= 4 is 11.8 Å². The molecule has 112 valence electrons. The number of benzene rings is 1. The first-order chi connectivity index (χ1) is 10.3. The van der Waals surface area contributed by atoms with Crippen molar-refractivity contribution < 1.29 is 5.11 Å². The highest BCUT2D eigenvalue weighted by atomic mass is 32.2. The molecule has 1 aliphatic rings. The minimum atomic E-state index is -0.279. The van der Waals surface area contributed by atoms with Gasteiger partial charge < -0.3 is 5.11 Å². The lowest BCUT2D eigenvalue weighted by atomic mass is 10.0. The van der Waals surface area contributed by atoms with Crippen LogP contribution in [0.15, 0.2) is 35.5 Å². The molecule has 6 heteroatoms. The summed E-state index contributed by atoms with van der Waals surface area (Å²) >= 11 is 1.52. The van der Waals surface area contributed by atoms with Crippen molar-refractivity contribution in [2.45, 2.75) is 43.4 Å². The number of nitrogens with zero attached hydrogens (tertiary/aromatic N) is 4. The molecule has 1 atom stereocenters. The molecular weight excluding hydrogens is 284 g/mol. The highest BCUT2D eigenvalue weighted by molar-refractivity contribution is 7.99. The van der Waals surface area contributed by atoms with Crippen molar-refractivity contribution in [2.75, 3.05) is 5.75 Å². The van der Waals surface area contributed by atoms with Gasteiger partial charge in [-0.25, -0.2) is 0 Å². The van der Waals surface area contributed by atoms with Crippen LogP contribution in [0.3, 0.4) is 0 Å². The van der Waals surface area contributed by atoms with Gasteiger partial charge >= 0.3 is 0 Å². The van der Waals surface area contributed by atoms with Crippen LogP contribution in [0.2, 0.25) is 0 Å². The number of aliphatic hydroxyl groups is 1. The first-order valence-electron chi connectivity index (χ1n) is 7.47.